The van der Waals surface area contributed by atoms with Crippen molar-refractivity contribution >= 4 is 23.3 Å². The third kappa shape index (κ3) is 6.48. The van der Waals surface area contributed by atoms with Gasteiger partial charge in [0.25, 0.3) is 5.91 Å². The highest BCUT2D eigenvalue weighted by molar-refractivity contribution is 6.04. The van der Waals surface area contributed by atoms with Gasteiger partial charge in [0.1, 0.15) is 0 Å². The number of alkyl halides is 3. The van der Waals surface area contributed by atoms with Crippen LogP contribution in [-0.2, 0) is 10.9 Å². The van der Waals surface area contributed by atoms with Crippen LogP contribution < -0.4 is 10.6 Å². The standard InChI is InChI=1S/C24H29F3N4O3/c1-3-19-16-31(12-11-30(19)13-14-34-2)23(33)29-21-10-9-18(15-20(21)24(25,26)27)28-22(32)17-7-5-4-6-8-17/h4-10,15,19H,3,11-14,16H2,1-2H3,(H,28,32)(H,29,33). The first kappa shape index (κ1) is 25.5. The van der Waals surface area contributed by atoms with Gasteiger partial charge in [0.2, 0.25) is 0 Å². The molecule has 1 saturated heterocycles. The molecule has 2 N–H and O–H groups in total. The molecule has 34 heavy (non-hydrogen) atoms. The number of ether oxygens (including phenoxy) is 1. The van der Waals surface area contributed by atoms with Crippen LogP contribution in [0.2, 0.25) is 0 Å². The van der Waals surface area contributed by atoms with E-state index in [2.05, 4.69) is 15.5 Å². The van der Waals surface area contributed by atoms with Crippen LogP contribution in [0.1, 0.15) is 29.3 Å². The number of benzene rings is 2. The van der Waals surface area contributed by atoms with Crippen LogP contribution in [0.25, 0.3) is 0 Å². The van der Waals surface area contributed by atoms with Crippen molar-refractivity contribution in [3.8, 4) is 0 Å². The zero-order valence-electron chi connectivity index (χ0n) is 19.2. The number of rotatable bonds is 7. The highest BCUT2D eigenvalue weighted by Gasteiger charge is 2.35. The summed E-state index contributed by atoms with van der Waals surface area (Å²) in [5.74, 6) is -0.525. The highest BCUT2D eigenvalue weighted by atomic mass is 19.4. The lowest BCUT2D eigenvalue weighted by Gasteiger charge is -2.41. The number of hydrogen-bond donors (Lipinski definition) is 2. The second kappa shape index (κ2) is 11.3. The summed E-state index contributed by atoms with van der Waals surface area (Å²) in [7, 11) is 1.63. The molecule has 1 heterocycles. The van der Waals surface area contributed by atoms with Gasteiger partial charge < -0.3 is 20.3 Å². The fourth-order valence-electron chi connectivity index (χ4n) is 3.92. The molecule has 0 radical (unpaired) electrons. The molecule has 1 fully saturated rings. The van der Waals surface area contributed by atoms with Crippen molar-refractivity contribution in [3.05, 3.63) is 59.7 Å². The third-order valence-electron chi connectivity index (χ3n) is 5.81. The Kier molecular flexibility index (Phi) is 8.51. The van der Waals surface area contributed by atoms with Crippen LogP contribution in [0.15, 0.2) is 48.5 Å². The summed E-state index contributed by atoms with van der Waals surface area (Å²) in [6.45, 7) is 4.75. The Morgan fingerprint density at radius 1 is 1.09 bits per heavy atom. The van der Waals surface area contributed by atoms with E-state index in [1.54, 1.807) is 37.4 Å². The molecule has 0 saturated carbocycles. The molecule has 10 heteroatoms. The monoisotopic (exact) mass is 478 g/mol. The maximum Gasteiger partial charge on any atom is 0.418 e. The largest absolute Gasteiger partial charge is 0.418 e. The van der Waals surface area contributed by atoms with Gasteiger partial charge in [-0.3, -0.25) is 9.69 Å². The van der Waals surface area contributed by atoms with E-state index in [0.29, 0.717) is 31.8 Å². The first-order valence-electron chi connectivity index (χ1n) is 11.1. The summed E-state index contributed by atoms with van der Waals surface area (Å²) < 4.78 is 46.4. The number of urea groups is 1. The lowest BCUT2D eigenvalue weighted by molar-refractivity contribution is -0.136. The summed E-state index contributed by atoms with van der Waals surface area (Å²) in [5, 5.41) is 4.88. The van der Waals surface area contributed by atoms with Gasteiger partial charge in [-0.25, -0.2) is 4.79 Å². The Balaban J connectivity index is 1.72. The number of carbonyl (C=O) groups is 2. The molecule has 2 aromatic carbocycles. The van der Waals surface area contributed by atoms with E-state index in [4.69, 9.17) is 4.74 Å². The van der Waals surface area contributed by atoms with Crippen molar-refractivity contribution < 1.29 is 27.5 Å². The number of nitrogens with zero attached hydrogens (tertiary/aromatic N) is 2. The van der Waals surface area contributed by atoms with Crippen LogP contribution in [0, 0.1) is 0 Å². The number of carbonyl (C=O) groups excluding carboxylic acids is 2. The van der Waals surface area contributed by atoms with E-state index in [-0.39, 0.29) is 17.4 Å². The van der Waals surface area contributed by atoms with Gasteiger partial charge in [-0.2, -0.15) is 13.2 Å². The normalized spacial score (nSPS) is 16.9. The van der Waals surface area contributed by atoms with E-state index in [0.717, 1.165) is 25.1 Å². The summed E-state index contributed by atoms with van der Waals surface area (Å²) >= 11 is 0. The number of halogens is 3. The maximum atomic E-state index is 13.8. The molecular formula is C24H29F3N4O3. The minimum Gasteiger partial charge on any atom is -0.383 e. The van der Waals surface area contributed by atoms with Gasteiger partial charge >= 0.3 is 12.2 Å². The van der Waals surface area contributed by atoms with Crippen molar-refractivity contribution in [2.75, 3.05) is 50.5 Å². The van der Waals surface area contributed by atoms with Crippen molar-refractivity contribution in [1.29, 1.82) is 0 Å². The Labute approximate surface area is 196 Å². The van der Waals surface area contributed by atoms with E-state index in [1.807, 2.05) is 6.92 Å². The van der Waals surface area contributed by atoms with Gasteiger partial charge in [0, 0.05) is 50.6 Å². The van der Waals surface area contributed by atoms with Gasteiger partial charge in [-0.15, -0.1) is 0 Å². The number of nitrogens with one attached hydrogen (secondary N) is 2. The Morgan fingerprint density at radius 3 is 2.47 bits per heavy atom. The maximum absolute atomic E-state index is 13.8. The Bertz CT molecular complexity index is 985. The second-order valence-corrected chi connectivity index (χ2v) is 8.05. The number of piperazine rings is 1. The van der Waals surface area contributed by atoms with Crippen molar-refractivity contribution in [3.63, 3.8) is 0 Å². The average Bonchev–Trinajstić information content (AvgIpc) is 2.83. The van der Waals surface area contributed by atoms with Crippen LogP contribution in [0.4, 0.5) is 29.3 Å². The number of methoxy groups -OCH3 is 1. The Morgan fingerprint density at radius 2 is 1.82 bits per heavy atom. The Hall–Kier alpha value is -3.11. The molecule has 2 aromatic rings. The fraction of sp³-hybridized carbons (Fsp3) is 0.417. The van der Waals surface area contributed by atoms with Gasteiger partial charge in [-0.05, 0) is 36.8 Å². The molecule has 1 atom stereocenters. The number of amides is 3. The van der Waals surface area contributed by atoms with E-state index in [1.165, 1.54) is 11.0 Å². The minimum atomic E-state index is -4.72. The molecule has 3 rings (SSSR count). The molecule has 0 spiro atoms. The van der Waals surface area contributed by atoms with Crippen LogP contribution in [0.5, 0.6) is 0 Å². The van der Waals surface area contributed by atoms with Crippen molar-refractivity contribution in [2.45, 2.75) is 25.6 Å². The lowest BCUT2D eigenvalue weighted by atomic mass is 10.1. The van der Waals surface area contributed by atoms with Crippen molar-refractivity contribution in [1.82, 2.24) is 9.80 Å². The predicted molar refractivity (Wildman–Crippen MR) is 124 cm³/mol. The average molecular weight is 479 g/mol. The summed E-state index contributed by atoms with van der Waals surface area (Å²) in [5.41, 5.74) is -1.08. The van der Waals surface area contributed by atoms with Gasteiger partial charge in [0.15, 0.2) is 0 Å². The van der Waals surface area contributed by atoms with E-state index < -0.39 is 23.7 Å². The topological polar surface area (TPSA) is 73.9 Å². The smallest absolute Gasteiger partial charge is 0.383 e. The van der Waals surface area contributed by atoms with Crippen LogP contribution in [0.3, 0.4) is 0 Å². The van der Waals surface area contributed by atoms with E-state index >= 15 is 0 Å². The molecule has 184 valence electrons. The molecule has 0 bridgehead atoms. The second-order valence-electron chi connectivity index (χ2n) is 8.05. The predicted octanol–water partition coefficient (Wildman–Crippen LogP) is 4.53. The molecule has 1 aliphatic heterocycles. The fourth-order valence-corrected chi connectivity index (χ4v) is 3.92. The molecule has 7 nitrogen and oxygen atoms in total. The third-order valence-corrected chi connectivity index (χ3v) is 5.81. The lowest BCUT2D eigenvalue weighted by Crippen LogP contribution is -2.56. The summed E-state index contributed by atoms with van der Waals surface area (Å²) in [6, 6.07) is 11.0. The summed E-state index contributed by atoms with van der Waals surface area (Å²) in [6.07, 6.45) is -3.92. The molecular weight excluding hydrogens is 449 g/mol. The first-order chi connectivity index (χ1) is 16.2. The summed E-state index contributed by atoms with van der Waals surface area (Å²) in [4.78, 5) is 28.9. The number of anilines is 2. The van der Waals surface area contributed by atoms with Gasteiger partial charge in [0.05, 0.1) is 17.9 Å². The van der Waals surface area contributed by atoms with Gasteiger partial charge in [-0.1, -0.05) is 25.1 Å². The molecule has 3 amide bonds. The highest BCUT2D eigenvalue weighted by Crippen LogP contribution is 2.37. The SMILES string of the molecule is CCC1CN(C(=O)Nc2ccc(NC(=O)c3ccccc3)cc2C(F)(F)F)CCN1CCOC. The molecule has 1 unspecified atom stereocenters. The molecule has 1 aliphatic rings. The molecule has 0 aliphatic carbocycles. The van der Waals surface area contributed by atoms with Crippen LogP contribution in [-0.4, -0.2) is 67.7 Å². The number of hydrogen-bond acceptors (Lipinski definition) is 4. The first-order valence-corrected chi connectivity index (χ1v) is 11.1. The molecule has 0 aromatic heterocycles. The van der Waals surface area contributed by atoms with Crippen LogP contribution >= 0.6 is 0 Å². The zero-order chi connectivity index (χ0) is 24.7. The quantitative estimate of drug-likeness (QED) is 0.613. The zero-order valence-corrected chi connectivity index (χ0v) is 19.2. The minimum absolute atomic E-state index is 0.0167. The van der Waals surface area contributed by atoms with Crippen molar-refractivity contribution in [2.24, 2.45) is 0 Å². The van der Waals surface area contributed by atoms with E-state index in [9.17, 15) is 22.8 Å².